The Balaban J connectivity index is 2.07. The van der Waals surface area contributed by atoms with Crippen LogP contribution in [-0.4, -0.2) is 11.9 Å². The van der Waals surface area contributed by atoms with Crippen LogP contribution < -0.4 is 10.6 Å². The summed E-state index contributed by atoms with van der Waals surface area (Å²) in [5.74, 6) is -0.520. The lowest BCUT2D eigenvalue weighted by Gasteiger charge is -2.32. The van der Waals surface area contributed by atoms with Crippen LogP contribution >= 0.6 is 0 Å². The van der Waals surface area contributed by atoms with Crippen LogP contribution in [0.25, 0.3) is 0 Å². The van der Waals surface area contributed by atoms with Crippen LogP contribution in [0.15, 0.2) is 18.2 Å². The van der Waals surface area contributed by atoms with E-state index in [-0.39, 0.29) is 30.1 Å². The summed E-state index contributed by atoms with van der Waals surface area (Å²) in [5, 5.41) is 14.5. The van der Waals surface area contributed by atoms with Crippen molar-refractivity contribution < 1.29 is 9.18 Å². The molecule has 0 aromatic heterocycles. The van der Waals surface area contributed by atoms with Gasteiger partial charge in [-0.25, -0.2) is 4.39 Å². The number of nitriles is 1. The quantitative estimate of drug-likeness (QED) is 0.874. The molecule has 0 unspecified atom stereocenters. The molecule has 0 spiro atoms. The summed E-state index contributed by atoms with van der Waals surface area (Å²) >= 11 is 0. The molecule has 2 rings (SSSR count). The van der Waals surface area contributed by atoms with Gasteiger partial charge in [-0.05, 0) is 38.0 Å². The van der Waals surface area contributed by atoms with Crippen LogP contribution in [0.5, 0.6) is 0 Å². The number of benzene rings is 1. The molecule has 2 N–H and O–H groups in total. The van der Waals surface area contributed by atoms with Crippen molar-refractivity contribution in [3.05, 3.63) is 30.9 Å². The van der Waals surface area contributed by atoms with E-state index in [1.165, 1.54) is 18.2 Å². The molecular formula is C14H15FN3O. The summed E-state index contributed by atoms with van der Waals surface area (Å²) < 4.78 is 13.3. The van der Waals surface area contributed by atoms with Crippen LogP contribution in [-0.2, 0) is 4.79 Å². The fourth-order valence-electron chi connectivity index (χ4n) is 2.02. The third-order valence-electron chi connectivity index (χ3n) is 3.16. The van der Waals surface area contributed by atoms with E-state index in [2.05, 4.69) is 23.6 Å². The Morgan fingerprint density at radius 1 is 1.47 bits per heavy atom. The van der Waals surface area contributed by atoms with Gasteiger partial charge >= 0.3 is 0 Å². The third-order valence-corrected chi connectivity index (χ3v) is 3.16. The van der Waals surface area contributed by atoms with Crippen molar-refractivity contribution >= 4 is 17.3 Å². The van der Waals surface area contributed by atoms with E-state index in [4.69, 9.17) is 5.26 Å². The fourth-order valence-corrected chi connectivity index (χ4v) is 2.02. The molecule has 1 saturated carbocycles. The summed E-state index contributed by atoms with van der Waals surface area (Å²) in [5.41, 5.74) is 1.08. The van der Waals surface area contributed by atoms with E-state index in [0.717, 1.165) is 12.8 Å². The Labute approximate surface area is 111 Å². The second-order valence-corrected chi connectivity index (χ2v) is 4.63. The van der Waals surface area contributed by atoms with Gasteiger partial charge in [0.1, 0.15) is 5.82 Å². The average Bonchev–Trinajstić information content (AvgIpc) is 2.35. The van der Waals surface area contributed by atoms with Gasteiger partial charge in [-0.2, -0.15) is 5.26 Å². The monoisotopic (exact) mass is 260 g/mol. The summed E-state index contributed by atoms with van der Waals surface area (Å²) in [7, 11) is 0. The van der Waals surface area contributed by atoms with Gasteiger partial charge in [0, 0.05) is 12.5 Å². The number of amides is 1. The number of halogens is 1. The molecule has 1 aliphatic rings. The van der Waals surface area contributed by atoms with Crippen LogP contribution in [0.4, 0.5) is 15.8 Å². The molecule has 99 valence electrons. The average molecular weight is 260 g/mol. The Hall–Kier alpha value is -2.09. The second-order valence-electron chi connectivity index (χ2n) is 4.63. The first kappa shape index (κ1) is 13.3. The zero-order valence-corrected chi connectivity index (χ0v) is 10.4. The third kappa shape index (κ3) is 3.22. The minimum atomic E-state index is -0.369. The molecule has 0 bridgehead atoms. The minimum absolute atomic E-state index is 0.0731. The molecule has 1 amide bonds. The lowest BCUT2D eigenvalue weighted by molar-refractivity contribution is -0.115. The molecule has 1 aromatic carbocycles. The van der Waals surface area contributed by atoms with Crippen molar-refractivity contribution in [1.82, 2.24) is 0 Å². The van der Waals surface area contributed by atoms with Crippen LogP contribution in [0.3, 0.4) is 0 Å². The predicted molar refractivity (Wildman–Crippen MR) is 70.8 cm³/mol. The number of rotatable bonds is 4. The number of hydrogen-bond donors (Lipinski definition) is 2. The maximum atomic E-state index is 13.3. The molecule has 19 heavy (non-hydrogen) atoms. The highest BCUT2D eigenvalue weighted by atomic mass is 19.1. The molecule has 4 nitrogen and oxygen atoms in total. The molecule has 1 fully saturated rings. The minimum Gasteiger partial charge on any atom is -0.380 e. The summed E-state index contributed by atoms with van der Waals surface area (Å²) in [6, 6.07) is 6.51. The molecule has 1 aliphatic carbocycles. The topological polar surface area (TPSA) is 64.9 Å². The molecule has 0 aliphatic heterocycles. The van der Waals surface area contributed by atoms with E-state index in [0.29, 0.717) is 11.4 Å². The van der Waals surface area contributed by atoms with E-state index >= 15 is 0 Å². The fraction of sp³-hybridized carbons (Fsp3) is 0.357. The van der Waals surface area contributed by atoms with Crippen molar-refractivity contribution in [2.75, 3.05) is 10.6 Å². The molecular weight excluding hydrogens is 245 g/mol. The normalized spacial score (nSPS) is 21.1. The van der Waals surface area contributed by atoms with E-state index in [9.17, 15) is 9.18 Å². The first-order valence-corrected chi connectivity index (χ1v) is 6.17. The Bertz CT molecular complexity index is 518. The number of nitrogens with zero attached hydrogens (tertiary/aromatic N) is 1. The molecule has 0 heterocycles. The van der Waals surface area contributed by atoms with Gasteiger partial charge in [-0.1, -0.05) is 0 Å². The number of carbonyl (C=O) groups is 1. The lowest BCUT2D eigenvalue weighted by atomic mass is 9.81. The van der Waals surface area contributed by atoms with Crippen molar-refractivity contribution in [3.8, 4) is 6.07 Å². The maximum Gasteiger partial charge on any atom is 0.224 e. The van der Waals surface area contributed by atoms with E-state index in [1.54, 1.807) is 0 Å². The van der Waals surface area contributed by atoms with Crippen molar-refractivity contribution in [1.29, 1.82) is 5.26 Å². The van der Waals surface area contributed by atoms with Crippen molar-refractivity contribution in [2.45, 2.75) is 25.3 Å². The van der Waals surface area contributed by atoms with Crippen LogP contribution in [0.1, 0.15) is 19.3 Å². The molecule has 5 heteroatoms. The van der Waals surface area contributed by atoms with Gasteiger partial charge in [-0.15, -0.1) is 0 Å². The molecule has 1 aromatic rings. The first-order chi connectivity index (χ1) is 9.12. The van der Waals surface area contributed by atoms with Crippen molar-refractivity contribution in [2.24, 2.45) is 5.92 Å². The Morgan fingerprint density at radius 3 is 2.84 bits per heavy atom. The molecule has 1 radical (unpaired) electrons. The largest absolute Gasteiger partial charge is 0.380 e. The number of anilines is 2. The highest BCUT2D eigenvalue weighted by Crippen LogP contribution is 2.32. The standard InChI is InChI=1S/C14H15FN3O/c1-2-14(19)18-12-4-3-10(15)7-13(12)17-11-5-9(6-11)8-16/h3-4,7,9,11,17H,1-2,5-6H2,(H,18,19). The molecule has 0 saturated heterocycles. The smallest absolute Gasteiger partial charge is 0.224 e. The summed E-state index contributed by atoms with van der Waals surface area (Å²) in [6.45, 7) is 3.50. The van der Waals surface area contributed by atoms with Crippen molar-refractivity contribution in [3.63, 3.8) is 0 Å². The summed E-state index contributed by atoms with van der Waals surface area (Å²) in [4.78, 5) is 11.3. The number of nitrogens with one attached hydrogen (secondary N) is 2. The molecule has 0 atom stereocenters. The highest BCUT2D eigenvalue weighted by molar-refractivity contribution is 5.94. The maximum absolute atomic E-state index is 13.3. The first-order valence-electron chi connectivity index (χ1n) is 6.17. The van der Waals surface area contributed by atoms with Gasteiger partial charge < -0.3 is 10.6 Å². The highest BCUT2D eigenvalue weighted by Gasteiger charge is 2.29. The van der Waals surface area contributed by atoms with Gasteiger partial charge in [0.15, 0.2) is 0 Å². The van der Waals surface area contributed by atoms with Gasteiger partial charge in [0.2, 0.25) is 5.91 Å². The lowest BCUT2D eigenvalue weighted by Crippen LogP contribution is -2.34. The zero-order chi connectivity index (χ0) is 13.8. The second kappa shape index (κ2) is 5.70. The number of hydrogen-bond acceptors (Lipinski definition) is 3. The zero-order valence-electron chi connectivity index (χ0n) is 10.4. The Kier molecular flexibility index (Phi) is 4.00. The van der Waals surface area contributed by atoms with Crippen LogP contribution in [0.2, 0.25) is 0 Å². The van der Waals surface area contributed by atoms with Gasteiger partial charge in [0.05, 0.1) is 23.4 Å². The van der Waals surface area contributed by atoms with E-state index in [1.807, 2.05) is 0 Å². The number of carbonyl (C=O) groups excluding carboxylic acids is 1. The van der Waals surface area contributed by atoms with Gasteiger partial charge in [-0.3, -0.25) is 4.79 Å². The SMILES string of the molecule is [CH2]CC(=O)Nc1ccc(F)cc1NC1CC(C#N)C1. The summed E-state index contributed by atoms with van der Waals surface area (Å²) in [6.07, 6.45) is 1.61. The van der Waals surface area contributed by atoms with E-state index < -0.39 is 0 Å². The van der Waals surface area contributed by atoms with Gasteiger partial charge in [0.25, 0.3) is 0 Å². The van der Waals surface area contributed by atoms with Crippen LogP contribution in [0, 0.1) is 30.0 Å². The predicted octanol–water partition coefficient (Wildman–Crippen LogP) is 2.70. The Morgan fingerprint density at radius 2 is 2.21 bits per heavy atom.